The molecule has 0 spiro atoms. The van der Waals surface area contributed by atoms with Crippen molar-refractivity contribution < 1.29 is 4.79 Å². The van der Waals surface area contributed by atoms with Crippen molar-refractivity contribution >= 4 is 17.4 Å². The smallest absolute Gasteiger partial charge is 0.306 e. The topological polar surface area (TPSA) is 75.4 Å². The molecular formula is C16H20N6O. The molecule has 1 aromatic carbocycles. The number of amides is 2. The van der Waals surface area contributed by atoms with E-state index in [4.69, 9.17) is 0 Å². The van der Waals surface area contributed by atoms with E-state index in [0.717, 1.165) is 11.4 Å². The van der Waals surface area contributed by atoms with Gasteiger partial charge in [0.25, 0.3) is 0 Å². The molecule has 3 rings (SSSR count). The molecule has 1 atom stereocenters. The molecule has 0 saturated carbocycles. The minimum atomic E-state index is -0.249. The summed E-state index contributed by atoms with van der Waals surface area (Å²) in [6, 6.07) is 9.00. The minimum absolute atomic E-state index is 0.0981. The van der Waals surface area contributed by atoms with Gasteiger partial charge >= 0.3 is 6.03 Å². The number of anilines is 1. The van der Waals surface area contributed by atoms with E-state index in [-0.39, 0.29) is 17.5 Å². The third kappa shape index (κ3) is 3.23. The van der Waals surface area contributed by atoms with Crippen molar-refractivity contribution in [3.63, 3.8) is 0 Å². The lowest BCUT2D eigenvalue weighted by Gasteiger charge is -2.23. The molecule has 23 heavy (non-hydrogen) atoms. The summed E-state index contributed by atoms with van der Waals surface area (Å²) < 4.78 is 1.75. The van der Waals surface area contributed by atoms with Gasteiger partial charge in [0.1, 0.15) is 18.7 Å². The third-order valence-corrected chi connectivity index (χ3v) is 3.67. The van der Waals surface area contributed by atoms with Gasteiger partial charge in [-0.3, -0.25) is 0 Å². The molecule has 7 heteroatoms. The first kappa shape index (κ1) is 15.2. The number of urea groups is 1. The summed E-state index contributed by atoms with van der Waals surface area (Å²) in [6.07, 6.45) is 3.15. The van der Waals surface area contributed by atoms with Crippen LogP contribution in [0.15, 0.2) is 48.1 Å². The molecule has 1 aromatic heterocycles. The van der Waals surface area contributed by atoms with E-state index < -0.39 is 0 Å². The van der Waals surface area contributed by atoms with Crippen molar-refractivity contribution in [3.05, 3.63) is 43.0 Å². The fourth-order valence-electron chi connectivity index (χ4n) is 2.56. The average molecular weight is 312 g/mol. The molecule has 2 amide bonds. The number of benzene rings is 1. The second-order valence-corrected chi connectivity index (χ2v) is 6.50. The number of para-hydroxylation sites is 1. The highest BCUT2D eigenvalue weighted by molar-refractivity contribution is 5.98. The maximum absolute atomic E-state index is 12.5. The summed E-state index contributed by atoms with van der Waals surface area (Å²) >= 11 is 0. The van der Waals surface area contributed by atoms with Crippen LogP contribution in [0.25, 0.3) is 0 Å². The maximum atomic E-state index is 12.5. The molecule has 0 fully saturated rings. The van der Waals surface area contributed by atoms with Crippen LogP contribution in [-0.2, 0) is 0 Å². The quantitative estimate of drug-likeness (QED) is 0.926. The largest absolute Gasteiger partial charge is 0.342 e. The van der Waals surface area contributed by atoms with Gasteiger partial charge in [-0.25, -0.2) is 19.5 Å². The van der Waals surface area contributed by atoms with Crippen LogP contribution >= 0.6 is 0 Å². The van der Waals surface area contributed by atoms with Crippen molar-refractivity contribution in [1.82, 2.24) is 19.8 Å². The van der Waals surface area contributed by atoms with E-state index in [2.05, 4.69) is 41.3 Å². The number of nitrogens with one attached hydrogen (secondary N) is 1. The SMILES string of the molecule is CC(C)(C)C1=NN(C(=O)Nc2ccccc2)CC1n1cncn1. The highest BCUT2D eigenvalue weighted by Crippen LogP contribution is 2.30. The molecule has 0 saturated heterocycles. The van der Waals surface area contributed by atoms with Crippen LogP contribution < -0.4 is 5.32 Å². The minimum Gasteiger partial charge on any atom is -0.306 e. The molecular weight excluding hydrogens is 292 g/mol. The first-order valence-electron chi connectivity index (χ1n) is 7.52. The molecule has 1 N–H and O–H groups in total. The predicted octanol–water partition coefficient (Wildman–Crippen LogP) is 2.77. The second kappa shape index (κ2) is 5.83. The van der Waals surface area contributed by atoms with E-state index in [1.807, 2.05) is 30.3 Å². The zero-order valence-electron chi connectivity index (χ0n) is 13.5. The fourth-order valence-corrected chi connectivity index (χ4v) is 2.56. The Labute approximate surface area is 135 Å². The van der Waals surface area contributed by atoms with Gasteiger partial charge in [0.15, 0.2) is 0 Å². The van der Waals surface area contributed by atoms with E-state index in [1.165, 1.54) is 11.3 Å². The number of hydrogen-bond donors (Lipinski definition) is 1. The van der Waals surface area contributed by atoms with E-state index in [9.17, 15) is 4.79 Å². The highest BCUT2D eigenvalue weighted by Gasteiger charge is 2.38. The van der Waals surface area contributed by atoms with Gasteiger partial charge in [0.2, 0.25) is 0 Å². The molecule has 2 aromatic rings. The molecule has 2 heterocycles. The Balaban J connectivity index is 1.81. The lowest BCUT2D eigenvalue weighted by molar-refractivity contribution is 0.215. The van der Waals surface area contributed by atoms with Gasteiger partial charge in [0, 0.05) is 11.1 Å². The van der Waals surface area contributed by atoms with E-state index in [0.29, 0.717) is 6.54 Å². The Kier molecular flexibility index (Phi) is 3.85. The lowest BCUT2D eigenvalue weighted by Crippen LogP contribution is -2.33. The van der Waals surface area contributed by atoms with Crippen LogP contribution in [0.4, 0.5) is 10.5 Å². The number of hydrogen-bond acceptors (Lipinski definition) is 4. The lowest BCUT2D eigenvalue weighted by atomic mass is 9.86. The average Bonchev–Trinajstić information content (AvgIpc) is 3.17. The number of carbonyl (C=O) groups is 1. The third-order valence-electron chi connectivity index (χ3n) is 3.67. The summed E-state index contributed by atoms with van der Waals surface area (Å²) in [5.74, 6) is 0. The Morgan fingerprint density at radius 2 is 2.00 bits per heavy atom. The van der Waals surface area contributed by atoms with Gasteiger partial charge in [0.05, 0.1) is 12.3 Å². The number of rotatable bonds is 2. The predicted molar refractivity (Wildman–Crippen MR) is 88.1 cm³/mol. The van der Waals surface area contributed by atoms with Crippen molar-refractivity contribution in [2.24, 2.45) is 10.5 Å². The molecule has 1 aliphatic rings. The van der Waals surface area contributed by atoms with Gasteiger partial charge < -0.3 is 5.32 Å². The molecule has 1 aliphatic heterocycles. The molecule has 1 unspecified atom stereocenters. The molecule has 0 bridgehead atoms. The van der Waals surface area contributed by atoms with Crippen molar-refractivity contribution in [1.29, 1.82) is 0 Å². The van der Waals surface area contributed by atoms with Gasteiger partial charge in [-0.1, -0.05) is 39.0 Å². The van der Waals surface area contributed by atoms with Crippen LogP contribution in [0.1, 0.15) is 26.8 Å². The van der Waals surface area contributed by atoms with Crippen LogP contribution in [0.2, 0.25) is 0 Å². The molecule has 0 radical (unpaired) electrons. The van der Waals surface area contributed by atoms with Crippen molar-refractivity contribution in [3.8, 4) is 0 Å². The second-order valence-electron chi connectivity index (χ2n) is 6.50. The Bertz CT molecular complexity index is 702. The number of carbonyl (C=O) groups excluding carboxylic acids is 1. The van der Waals surface area contributed by atoms with Crippen LogP contribution in [0.5, 0.6) is 0 Å². The normalized spacial score (nSPS) is 18.0. The standard InChI is InChI=1S/C16H20N6O/c1-16(2,3)14-13(22-11-17-10-18-22)9-21(20-14)15(23)19-12-7-5-4-6-8-12/h4-8,10-11,13H,9H2,1-3H3,(H,19,23). The van der Waals surface area contributed by atoms with Gasteiger partial charge in [-0.15, -0.1) is 0 Å². The molecule has 120 valence electrons. The zero-order chi connectivity index (χ0) is 16.4. The number of nitrogens with zero attached hydrogens (tertiary/aromatic N) is 5. The van der Waals surface area contributed by atoms with Crippen LogP contribution in [-0.4, -0.2) is 38.1 Å². The van der Waals surface area contributed by atoms with E-state index in [1.54, 1.807) is 11.0 Å². The van der Waals surface area contributed by atoms with Crippen molar-refractivity contribution in [2.45, 2.75) is 26.8 Å². The van der Waals surface area contributed by atoms with Gasteiger partial charge in [-0.2, -0.15) is 10.2 Å². The van der Waals surface area contributed by atoms with Crippen LogP contribution in [0.3, 0.4) is 0 Å². The Morgan fingerprint density at radius 1 is 1.26 bits per heavy atom. The molecule has 7 nitrogen and oxygen atoms in total. The summed E-state index contributed by atoms with van der Waals surface area (Å²) in [6.45, 7) is 6.67. The summed E-state index contributed by atoms with van der Waals surface area (Å²) in [5, 5.41) is 13.1. The number of hydrazone groups is 1. The monoisotopic (exact) mass is 312 g/mol. The maximum Gasteiger partial charge on any atom is 0.342 e. The van der Waals surface area contributed by atoms with E-state index >= 15 is 0 Å². The Hall–Kier alpha value is -2.70. The van der Waals surface area contributed by atoms with Crippen LogP contribution in [0, 0.1) is 5.41 Å². The Morgan fingerprint density at radius 3 is 2.61 bits per heavy atom. The molecule has 0 aliphatic carbocycles. The summed E-state index contributed by atoms with van der Waals surface area (Å²) in [7, 11) is 0. The first-order valence-corrected chi connectivity index (χ1v) is 7.52. The van der Waals surface area contributed by atoms with Gasteiger partial charge in [-0.05, 0) is 12.1 Å². The first-order chi connectivity index (χ1) is 10.9. The number of aromatic nitrogens is 3. The summed E-state index contributed by atoms with van der Waals surface area (Å²) in [5.41, 5.74) is 1.48. The fraction of sp³-hybridized carbons (Fsp3) is 0.375. The summed E-state index contributed by atoms with van der Waals surface area (Å²) in [4.78, 5) is 16.5. The van der Waals surface area contributed by atoms with Crippen molar-refractivity contribution in [2.75, 3.05) is 11.9 Å². The highest BCUT2D eigenvalue weighted by atomic mass is 16.2. The zero-order valence-corrected chi connectivity index (χ0v) is 13.5.